The van der Waals surface area contributed by atoms with Crippen LogP contribution in [0, 0.1) is 0 Å². The van der Waals surface area contributed by atoms with Gasteiger partial charge < -0.3 is 10.1 Å². The number of ether oxygens (including phenoxy) is 1. The summed E-state index contributed by atoms with van der Waals surface area (Å²) in [7, 11) is -3.95. The molecule has 1 heterocycles. The summed E-state index contributed by atoms with van der Waals surface area (Å²) in [6.45, 7) is 5.62. The SMILES string of the molecule is CCOc1ccc(N(CC(=O)NCc2ccc(CN3CCCC3)cc2)S(=O)(=O)c2ccccc2)cc1. The van der Waals surface area contributed by atoms with Crippen molar-refractivity contribution in [2.75, 3.05) is 30.5 Å². The number of sulfonamides is 1. The molecule has 1 N–H and O–H groups in total. The van der Waals surface area contributed by atoms with Crippen LogP contribution in [0.3, 0.4) is 0 Å². The zero-order valence-electron chi connectivity index (χ0n) is 20.6. The molecule has 0 spiro atoms. The first-order valence-corrected chi connectivity index (χ1v) is 13.8. The summed E-state index contributed by atoms with van der Waals surface area (Å²) in [5, 5.41) is 2.87. The number of hydrogen-bond acceptors (Lipinski definition) is 5. The second-order valence-corrected chi connectivity index (χ2v) is 10.7. The van der Waals surface area contributed by atoms with Crippen molar-refractivity contribution in [3.8, 4) is 5.75 Å². The van der Waals surface area contributed by atoms with Gasteiger partial charge in [-0.2, -0.15) is 0 Å². The first kappa shape index (κ1) is 25.7. The molecule has 4 rings (SSSR count). The van der Waals surface area contributed by atoms with Gasteiger partial charge >= 0.3 is 0 Å². The van der Waals surface area contributed by atoms with Gasteiger partial charge in [-0.05, 0) is 80.4 Å². The van der Waals surface area contributed by atoms with Crippen LogP contribution in [-0.4, -0.2) is 45.5 Å². The van der Waals surface area contributed by atoms with Gasteiger partial charge in [0.05, 0.1) is 17.2 Å². The van der Waals surface area contributed by atoms with E-state index in [0.29, 0.717) is 24.6 Å². The Hall–Kier alpha value is -3.36. The molecule has 0 radical (unpaired) electrons. The minimum atomic E-state index is -3.95. The van der Waals surface area contributed by atoms with E-state index in [4.69, 9.17) is 4.74 Å². The molecule has 7 nitrogen and oxygen atoms in total. The Morgan fingerprint density at radius 2 is 1.56 bits per heavy atom. The molecule has 0 unspecified atom stereocenters. The fraction of sp³-hybridized carbons (Fsp3) is 0.321. The maximum Gasteiger partial charge on any atom is 0.264 e. The zero-order valence-corrected chi connectivity index (χ0v) is 21.4. The Balaban J connectivity index is 1.44. The number of hydrogen-bond donors (Lipinski definition) is 1. The van der Waals surface area contributed by atoms with Crippen molar-refractivity contribution in [2.24, 2.45) is 0 Å². The normalized spacial score (nSPS) is 13.9. The molecular formula is C28H33N3O4S. The molecule has 1 fully saturated rings. The lowest BCUT2D eigenvalue weighted by molar-refractivity contribution is -0.119. The number of carbonyl (C=O) groups excluding carboxylic acids is 1. The van der Waals surface area contributed by atoms with Crippen LogP contribution in [0.15, 0.2) is 83.8 Å². The molecule has 0 bridgehead atoms. The zero-order chi connectivity index (χ0) is 25.4. The molecule has 1 aliphatic rings. The molecule has 8 heteroatoms. The van der Waals surface area contributed by atoms with Crippen LogP contribution in [0.2, 0.25) is 0 Å². The molecule has 0 saturated carbocycles. The third-order valence-corrected chi connectivity index (χ3v) is 7.96. The molecule has 0 aromatic heterocycles. The monoisotopic (exact) mass is 507 g/mol. The quantitative estimate of drug-likeness (QED) is 0.421. The van der Waals surface area contributed by atoms with Gasteiger partial charge in [0.15, 0.2) is 0 Å². The van der Waals surface area contributed by atoms with E-state index in [0.717, 1.165) is 29.5 Å². The summed E-state index contributed by atoms with van der Waals surface area (Å²) < 4.78 is 33.5. The van der Waals surface area contributed by atoms with Gasteiger partial charge in [-0.1, -0.05) is 42.5 Å². The Kier molecular flexibility index (Phi) is 8.61. The van der Waals surface area contributed by atoms with Gasteiger partial charge in [-0.25, -0.2) is 8.42 Å². The minimum absolute atomic E-state index is 0.125. The molecule has 1 aliphatic heterocycles. The predicted octanol–water partition coefficient (Wildman–Crippen LogP) is 4.19. The fourth-order valence-electron chi connectivity index (χ4n) is 4.26. The highest BCUT2D eigenvalue weighted by molar-refractivity contribution is 7.92. The van der Waals surface area contributed by atoms with Gasteiger partial charge in [-0.3, -0.25) is 14.0 Å². The second kappa shape index (κ2) is 12.1. The first-order valence-electron chi connectivity index (χ1n) is 12.3. The van der Waals surface area contributed by atoms with Crippen molar-refractivity contribution in [3.63, 3.8) is 0 Å². The Morgan fingerprint density at radius 1 is 0.917 bits per heavy atom. The number of nitrogens with one attached hydrogen (secondary N) is 1. The topological polar surface area (TPSA) is 79.0 Å². The number of rotatable bonds is 11. The summed E-state index contributed by atoms with van der Waals surface area (Å²) >= 11 is 0. The molecule has 3 aromatic carbocycles. The fourth-order valence-corrected chi connectivity index (χ4v) is 5.70. The number of likely N-dealkylation sites (tertiary alicyclic amines) is 1. The van der Waals surface area contributed by atoms with Gasteiger partial charge in [0.2, 0.25) is 5.91 Å². The molecule has 36 heavy (non-hydrogen) atoms. The molecule has 3 aromatic rings. The summed E-state index contributed by atoms with van der Waals surface area (Å²) in [6.07, 6.45) is 2.52. The van der Waals surface area contributed by atoms with E-state index in [-0.39, 0.29) is 17.3 Å². The average molecular weight is 508 g/mol. The van der Waals surface area contributed by atoms with E-state index in [1.165, 1.54) is 30.5 Å². The minimum Gasteiger partial charge on any atom is -0.494 e. The van der Waals surface area contributed by atoms with Crippen molar-refractivity contribution in [2.45, 2.75) is 37.8 Å². The number of anilines is 1. The Labute approximate surface area is 213 Å². The van der Waals surface area contributed by atoms with Crippen molar-refractivity contribution >= 4 is 21.6 Å². The smallest absolute Gasteiger partial charge is 0.264 e. The van der Waals surface area contributed by atoms with Crippen LogP contribution in [0.1, 0.15) is 30.9 Å². The molecule has 0 aliphatic carbocycles. The van der Waals surface area contributed by atoms with Crippen molar-refractivity contribution < 1.29 is 17.9 Å². The maximum absolute atomic E-state index is 13.4. The van der Waals surface area contributed by atoms with Crippen LogP contribution in [0.4, 0.5) is 5.69 Å². The van der Waals surface area contributed by atoms with Gasteiger partial charge in [-0.15, -0.1) is 0 Å². The Bertz CT molecular complexity index is 1220. The van der Waals surface area contributed by atoms with Gasteiger partial charge in [0.25, 0.3) is 10.0 Å². The number of amides is 1. The van der Waals surface area contributed by atoms with E-state index in [1.807, 2.05) is 19.1 Å². The average Bonchev–Trinajstić information content (AvgIpc) is 3.41. The van der Waals surface area contributed by atoms with Crippen LogP contribution < -0.4 is 14.4 Å². The predicted molar refractivity (Wildman–Crippen MR) is 141 cm³/mol. The van der Waals surface area contributed by atoms with E-state index >= 15 is 0 Å². The third-order valence-electron chi connectivity index (χ3n) is 6.17. The van der Waals surface area contributed by atoms with E-state index in [2.05, 4.69) is 22.3 Å². The van der Waals surface area contributed by atoms with Crippen LogP contribution in [-0.2, 0) is 27.9 Å². The standard InChI is InChI=1S/C28H33N3O4S/c1-2-35-26-16-14-25(15-17-26)31(36(33,34)27-8-4-3-5-9-27)22-28(32)29-20-23-10-12-24(13-11-23)21-30-18-6-7-19-30/h3-5,8-17H,2,6-7,18-22H2,1H3,(H,29,32). The van der Waals surface area contributed by atoms with Crippen molar-refractivity contribution in [1.29, 1.82) is 0 Å². The highest BCUT2D eigenvalue weighted by Crippen LogP contribution is 2.26. The van der Waals surface area contributed by atoms with Crippen LogP contribution in [0.5, 0.6) is 5.75 Å². The lowest BCUT2D eigenvalue weighted by Gasteiger charge is -2.24. The lowest BCUT2D eigenvalue weighted by Crippen LogP contribution is -2.40. The van der Waals surface area contributed by atoms with Gasteiger partial charge in [0, 0.05) is 13.1 Å². The summed E-state index contributed by atoms with van der Waals surface area (Å²) in [5.74, 6) is 0.250. The Morgan fingerprint density at radius 3 is 2.19 bits per heavy atom. The highest BCUT2D eigenvalue weighted by Gasteiger charge is 2.27. The van der Waals surface area contributed by atoms with Crippen LogP contribution >= 0.6 is 0 Å². The highest BCUT2D eigenvalue weighted by atomic mass is 32.2. The summed E-state index contributed by atoms with van der Waals surface area (Å²) in [5.41, 5.74) is 2.61. The number of benzene rings is 3. The third kappa shape index (κ3) is 6.65. The van der Waals surface area contributed by atoms with Gasteiger partial charge in [0.1, 0.15) is 12.3 Å². The summed E-state index contributed by atoms with van der Waals surface area (Å²) in [4.78, 5) is 15.5. The lowest BCUT2D eigenvalue weighted by atomic mass is 10.1. The number of carbonyl (C=O) groups is 1. The second-order valence-electron chi connectivity index (χ2n) is 8.83. The first-order chi connectivity index (χ1) is 17.5. The molecule has 1 amide bonds. The number of nitrogens with zero attached hydrogens (tertiary/aromatic N) is 2. The largest absolute Gasteiger partial charge is 0.494 e. The van der Waals surface area contributed by atoms with E-state index in [1.54, 1.807) is 42.5 Å². The molecule has 1 saturated heterocycles. The molecule has 0 atom stereocenters. The summed E-state index contributed by atoms with van der Waals surface area (Å²) in [6, 6.07) is 23.0. The maximum atomic E-state index is 13.4. The molecule has 190 valence electrons. The molecular weight excluding hydrogens is 474 g/mol. The van der Waals surface area contributed by atoms with E-state index < -0.39 is 10.0 Å². The van der Waals surface area contributed by atoms with Crippen molar-refractivity contribution in [3.05, 3.63) is 90.0 Å². The van der Waals surface area contributed by atoms with Crippen molar-refractivity contribution in [1.82, 2.24) is 10.2 Å². The van der Waals surface area contributed by atoms with E-state index in [9.17, 15) is 13.2 Å². The van der Waals surface area contributed by atoms with Crippen LogP contribution in [0.25, 0.3) is 0 Å².